The summed E-state index contributed by atoms with van der Waals surface area (Å²) >= 11 is 0. The van der Waals surface area contributed by atoms with Crippen molar-refractivity contribution in [3.05, 3.63) is 29.3 Å². The van der Waals surface area contributed by atoms with Gasteiger partial charge in [0.2, 0.25) is 0 Å². The first kappa shape index (κ1) is 23.8. The highest BCUT2D eigenvalue weighted by Crippen LogP contribution is 2.50. The predicted octanol–water partition coefficient (Wildman–Crippen LogP) is 4.61. The molecule has 1 saturated carbocycles. The highest BCUT2D eigenvalue weighted by atomic mass is 16.6. The topological polar surface area (TPSA) is 72.7 Å². The Hall–Kier alpha value is -2.61. The third-order valence-corrected chi connectivity index (χ3v) is 9.01. The molecule has 1 aliphatic carbocycles. The number of hydrogen-bond acceptors (Lipinski definition) is 6. The molecule has 0 N–H and O–H groups in total. The van der Waals surface area contributed by atoms with Crippen LogP contribution in [0.25, 0.3) is 11.4 Å². The van der Waals surface area contributed by atoms with Crippen LogP contribution < -0.4 is 4.74 Å². The number of piperidine rings is 2. The molecule has 3 aliphatic heterocycles. The summed E-state index contributed by atoms with van der Waals surface area (Å²) in [5, 5.41) is 0. The fourth-order valence-corrected chi connectivity index (χ4v) is 6.31. The number of carbonyl (C=O) groups is 1. The highest BCUT2D eigenvalue weighted by molar-refractivity contribution is 5.71. The lowest BCUT2D eigenvalue weighted by Crippen LogP contribution is -2.50. The summed E-state index contributed by atoms with van der Waals surface area (Å²) in [4.78, 5) is 27.1. The Morgan fingerprint density at radius 1 is 1.14 bits per heavy atom. The average Bonchev–Trinajstić information content (AvgIpc) is 3.60. The molecule has 2 aromatic rings. The lowest BCUT2D eigenvalue weighted by molar-refractivity contribution is -0.0116. The van der Waals surface area contributed by atoms with Crippen LogP contribution in [0.15, 0.2) is 12.3 Å². The average molecular weight is 494 g/mol. The van der Waals surface area contributed by atoms with Gasteiger partial charge in [-0.1, -0.05) is 0 Å². The van der Waals surface area contributed by atoms with Crippen molar-refractivity contribution in [1.82, 2.24) is 24.3 Å². The summed E-state index contributed by atoms with van der Waals surface area (Å²) in [6.45, 7) is 9.52. The Kier molecular flexibility index (Phi) is 5.59. The van der Waals surface area contributed by atoms with Gasteiger partial charge in [-0.2, -0.15) is 0 Å². The highest BCUT2D eigenvalue weighted by Gasteiger charge is 2.49. The summed E-state index contributed by atoms with van der Waals surface area (Å²) in [6.07, 6.45) is 7.64. The fraction of sp³-hybridized carbons (Fsp3) is 0.679. The zero-order chi connectivity index (χ0) is 25.2. The van der Waals surface area contributed by atoms with Crippen molar-refractivity contribution in [2.75, 3.05) is 33.3 Å². The van der Waals surface area contributed by atoms with Crippen LogP contribution >= 0.6 is 0 Å². The summed E-state index contributed by atoms with van der Waals surface area (Å²) in [5.41, 5.74) is 3.58. The molecule has 2 saturated heterocycles. The zero-order valence-corrected chi connectivity index (χ0v) is 22.3. The number of aromatic nitrogens is 3. The summed E-state index contributed by atoms with van der Waals surface area (Å²) in [7, 11) is 4.36. The molecule has 0 radical (unpaired) electrons. The van der Waals surface area contributed by atoms with E-state index in [0.29, 0.717) is 44.4 Å². The molecule has 0 bridgehead atoms. The number of hydrogen-bond donors (Lipinski definition) is 0. The maximum atomic E-state index is 12.7. The van der Waals surface area contributed by atoms with Gasteiger partial charge < -0.3 is 23.8 Å². The Morgan fingerprint density at radius 2 is 1.89 bits per heavy atom. The molecule has 0 unspecified atom stereocenters. The Balaban J connectivity index is 1.33. The molecule has 3 fully saturated rings. The van der Waals surface area contributed by atoms with E-state index in [0.717, 1.165) is 53.6 Å². The third-order valence-electron chi connectivity index (χ3n) is 9.01. The van der Waals surface area contributed by atoms with Crippen LogP contribution in [0.3, 0.4) is 0 Å². The van der Waals surface area contributed by atoms with Crippen molar-refractivity contribution in [2.24, 2.45) is 13.0 Å². The smallest absolute Gasteiger partial charge is 0.409 e. The van der Waals surface area contributed by atoms with Gasteiger partial charge in [0.05, 0.1) is 12.3 Å². The first-order valence-electron chi connectivity index (χ1n) is 13.5. The molecule has 4 aliphatic rings. The van der Waals surface area contributed by atoms with Crippen LogP contribution in [0.5, 0.6) is 5.75 Å². The van der Waals surface area contributed by atoms with Gasteiger partial charge >= 0.3 is 6.09 Å². The Morgan fingerprint density at radius 3 is 2.58 bits per heavy atom. The number of fused-ring (bicyclic) bond motifs is 4. The van der Waals surface area contributed by atoms with Crippen LogP contribution in [0.1, 0.15) is 75.4 Å². The first-order chi connectivity index (χ1) is 17.2. The maximum Gasteiger partial charge on any atom is 0.409 e. The first-order valence-corrected chi connectivity index (χ1v) is 13.5. The number of imidazole rings is 1. The molecular formula is C28H39N5O3. The van der Waals surface area contributed by atoms with Crippen LogP contribution in [-0.4, -0.2) is 69.3 Å². The minimum Gasteiger partial charge on any atom is -0.478 e. The van der Waals surface area contributed by atoms with Crippen molar-refractivity contribution < 1.29 is 14.3 Å². The second-order valence-corrected chi connectivity index (χ2v) is 12.1. The van der Waals surface area contributed by atoms with Crippen molar-refractivity contribution in [3.63, 3.8) is 0 Å². The monoisotopic (exact) mass is 493 g/mol. The molecule has 2 aromatic heterocycles. The van der Waals surface area contributed by atoms with Gasteiger partial charge in [0.15, 0.2) is 5.60 Å². The van der Waals surface area contributed by atoms with E-state index in [2.05, 4.69) is 43.5 Å². The molecule has 36 heavy (non-hydrogen) atoms. The van der Waals surface area contributed by atoms with Crippen molar-refractivity contribution >= 4 is 6.09 Å². The van der Waals surface area contributed by atoms with E-state index in [1.165, 1.54) is 12.8 Å². The van der Waals surface area contributed by atoms with Gasteiger partial charge in [-0.05, 0) is 77.6 Å². The van der Waals surface area contributed by atoms with Gasteiger partial charge in [-0.25, -0.2) is 9.78 Å². The van der Waals surface area contributed by atoms with Crippen LogP contribution in [-0.2, 0) is 17.4 Å². The van der Waals surface area contributed by atoms with Crippen LogP contribution in [0.4, 0.5) is 4.79 Å². The standard InChI is InChI=1S/C28H39N5O3/c1-18-14-21-22(29-16-18)23-24(32(5)25(30-23)20-8-11-31(4)27(2,3)15-20)28(36-21)9-12-33(13-10-28)26(34)35-17-19-6-7-19/h14,16,19-20H,6-13,15,17H2,1-5H3/t20-/m1/s1. The predicted molar refractivity (Wildman–Crippen MR) is 137 cm³/mol. The molecule has 6 rings (SSSR count). The van der Waals surface area contributed by atoms with Crippen molar-refractivity contribution in [2.45, 2.75) is 76.4 Å². The molecule has 1 atom stereocenters. The lowest BCUT2D eigenvalue weighted by atomic mass is 9.82. The van der Waals surface area contributed by atoms with Gasteiger partial charge in [0.25, 0.3) is 0 Å². The molecule has 0 aromatic carbocycles. The molecule has 194 valence electrons. The molecule has 5 heterocycles. The number of likely N-dealkylation sites (tertiary alicyclic amines) is 2. The minimum absolute atomic E-state index is 0.128. The molecule has 8 nitrogen and oxygen atoms in total. The van der Waals surface area contributed by atoms with E-state index in [-0.39, 0.29) is 11.6 Å². The molecule has 1 amide bonds. The van der Waals surface area contributed by atoms with E-state index in [1.807, 2.05) is 18.0 Å². The second kappa shape index (κ2) is 8.47. The second-order valence-electron chi connectivity index (χ2n) is 12.1. The van der Waals surface area contributed by atoms with Crippen LogP contribution in [0.2, 0.25) is 0 Å². The zero-order valence-electron chi connectivity index (χ0n) is 22.3. The Bertz CT molecular complexity index is 1180. The lowest BCUT2D eigenvalue weighted by Gasteiger charge is -2.44. The Labute approximate surface area is 214 Å². The van der Waals surface area contributed by atoms with Crippen molar-refractivity contribution in [3.8, 4) is 17.1 Å². The van der Waals surface area contributed by atoms with Gasteiger partial charge in [0, 0.05) is 50.6 Å². The quantitative estimate of drug-likeness (QED) is 0.622. The number of amides is 1. The van der Waals surface area contributed by atoms with E-state index < -0.39 is 5.60 Å². The number of nitrogens with zero attached hydrogens (tertiary/aromatic N) is 5. The molecule has 1 spiro atoms. The number of aryl methyl sites for hydroxylation is 1. The maximum absolute atomic E-state index is 12.7. The van der Waals surface area contributed by atoms with E-state index >= 15 is 0 Å². The van der Waals surface area contributed by atoms with E-state index in [4.69, 9.17) is 19.4 Å². The third kappa shape index (κ3) is 3.98. The van der Waals surface area contributed by atoms with Gasteiger partial charge in [0.1, 0.15) is 23.0 Å². The van der Waals surface area contributed by atoms with E-state index in [1.54, 1.807) is 0 Å². The molecular weight excluding hydrogens is 454 g/mol. The SMILES string of the molecule is Cc1cnc2c(c1)OC1(CCN(C(=O)OCC3CC3)CC1)c1c-2nc([C@@H]2CCN(C)C(C)(C)C2)n1C. The number of carbonyl (C=O) groups excluding carboxylic acids is 1. The summed E-state index contributed by atoms with van der Waals surface area (Å²) in [5.74, 6) is 2.89. The van der Waals surface area contributed by atoms with Gasteiger partial charge in [-0.15, -0.1) is 0 Å². The summed E-state index contributed by atoms with van der Waals surface area (Å²) in [6, 6.07) is 2.08. The van der Waals surface area contributed by atoms with Gasteiger partial charge in [-0.3, -0.25) is 4.98 Å². The number of rotatable bonds is 3. The normalized spacial score (nSPS) is 24.7. The fourth-order valence-electron chi connectivity index (χ4n) is 6.31. The van der Waals surface area contributed by atoms with Crippen LogP contribution in [0, 0.1) is 12.8 Å². The minimum atomic E-state index is -0.522. The van der Waals surface area contributed by atoms with Crippen molar-refractivity contribution in [1.29, 1.82) is 0 Å². The number of ether oxygens (including phenoxy) is 2. The summed E-state index contributed by atoms with van der Waals surface area (Å²) < 4.78 is 14.7. The largest absolute Gasteiger partial charge is 0.478 e. The number of pyridine rings is 1. The molecule has 8 heteroatoms. The van der Waals surface area contributed by atoms with E-state index in [9.17, 15) is 4.79 Å².